The average Bonchev–Trinajstić information content (AvgIpc) is 2.85. The lowest BCUT2D eigenvalue weighted by Crippen LogP contribution is -2.54. The van der Waals surface area contributed by atoms with Gasteiger partial charge in [0, 0.05) is 31.5 Å². The number of nitrogens with zero attached hydrogens (tertiary/aromatic N) is 1. The summed E-state index contributed by atoms with van der Waals surface area (Å²) in [7, 11) is 0. The Kier molecular flexibility index (Phi) is 2.95. The SMILES string of the molecule is CCn1ccc(CNC2C3CC4CC(C3)CC2C4)c1. The van der Waals surface area contributed by atoms with Crippen LogP contribution in [0, 0.1) is 23.7 Å². The van der Waals surface area contributed by atoms with Crippen LogP contribution in [-0.2, 0) is 13.1 Å². The Bertz CT molecular complexity index is 420. The van der Waals surface area contributed by atoms with Gasteiger partial charge in [0.05, 0.1) is 0 Å². The summed E-state index contributed by atoms with van der Waals surface area (Å²) in [6.07, 6.45) is 12.1. The lowest BCUT2D eigenvalue weighted by Gasteiger charge is -2.54. The van der Waals surface area contributed by atoms with Crippen molar-refractivity contribution < 1.29 is 0 Å². The zero-order chi connectivity index (χ0) is 12.8. The summed E-state index contributed by atoms with van der Waals surface area (Å²) in [6.45, 7) is 4.35. The molecular weight excluding hydrogens is 232 g/mol. The second kappa shape index (κ2) is 4.66. The predicted octanol–water partition coefficient (Wildman–Crippen LogP) is 3.42. The first-order valence-corrected chi connectivity index (χ1v) is 8.20. The van der Waals surface area contributed by atoms with E-state index in [1.54, 1.807) is 6.42 Å². The van der Waals surface area contributed by atoms with Crippen LogP contribution in [-0.4, -0.2) is 10.6 Å². The molecule has 5 rings (SSSR count). The van der Waals surface area contributed by atoms with Crippen LogP contribution in [0.3, 0.4) is 0 Å². The van der Waals surface area contributed by atoms with Crippen LogP contribution in [0.4, 0.5) is 0 Å². The summed E-state index contributed by atoms with van der Waals surface area (Å²) >= 11 is 0. The van der Waals surface area contributed by atoms with E-state index in [1.165, 1.54) is 31.2 Å². The molecule has 2 heteroatoms. The smallest absolute Gasteiger partial charge is 0.0223 e. The van der Waals surface area contributed by atoms with Crippen molar-refractivity contribution in [3.63, 3.8) is 0 Å². The lowest BCUT2D eigenvalue weighted by atomic mass is 9.54. The molecule has 0 atom stereocenters. The first-order chi connectivity index (χ1) is 9.31. The molecule has 0 unspecified atom stereocenters. The fourth-order valence-corrected chi connectivity index (χ4v) is 5.29. The predicted molar refractivity (Wildman–Crippen MR) is 77.8 cm³/mol. The van der Waals surface area contributed by atoms with Crippen molar-refractivity contribution in [1.82, 2.24) is 9.88 Å². The quantitative estimate of drug-likeness (QED) is 0.875. The molecule has 4 bridgehead atoms. The highest BCUT2D eigenvalue weighted by Crippen LogP contribution is 2.53. The zero-order valence-electron chi connectivity index (χ0n) is 12.0. The van der Waals surface area contributed by atoms with E-state index in [0.29, 0.717) is 0 Å². The first-order valence-electron chi connectivity index (χ1n) is 8.20. The van der Waals surface area contributed by atoms with Crippen LogP contribution in [0.2, 0.25) is 0 Å². The third kappa shape index (κ3) is 2.14. The van der Waals surface area contributed by atoms with E-state index in [4.69, 9.17) is 0 Å². The Morgan fingerprint density at radius 2 is 1.79 bits per heavy atom. The second-order valence-electron chi connectivity index (χ2n) is 7.19. The number of rotatable bonds is 4. The standard InChI is InChI=1S/C17H26N2/c1-2-19-4-3-12(11-19)10-18-17-15-6-13-5-14(8-15)9-16(17)7-13/h3-4,11,13-18H,2,5-10H2,1H3. The topological polar surface area (TPSA) is 17.0 Å². The van der Waals surface area contributed by atoms with Crippen molar-refractivity contribution in [2.24, 2.45) is 23.7 Å². The maximum Gasteiger partial charge on any atom is 0.0223 e. The first kappa shape index (κ1) is 12.0. The minimum Gasteiger partial charge on any atom is -0.354 e. The van der Waals surface area contributed by atoms with Crippen molar-refractivity contribution >= 4 is 0 Å². The van der Waals surface area contributed by atoms with Crippen LogP contribution in [0.25, 0.3) is 0 Å². The van der Waals surface area contributed by atoms with Gasteiger partial charge < -0.3 is 9.88 Å². The average molecular weight is 258 g/mol. The molecule has 0 spiro atoms. The fraction of sp³-hybridized carbons (Fsp3) is 0.765. The van der Waals surface area contributed by atoms with Crippen molar-refractivity contribution in [3.05, 3.63) is 24.0 Å². The van der Waals surface area contributed by atoms with Gasteiger partial charge in [-0.3, -0.25) is 0 Å². The van der Waals surface area contributed by atoms with E-state index < -0.39 is 0 Å². The summed E-state index contributed by atoms with van der Waals surface area (Å²) in [5.74, 6) is 4.15. The number of aromatic nitrogens is 1. The molecule has 1 N–H and O–H groups in total. The molecule has 0 amide bonds. The third-order valence-corrected chi connectivity index (χ3v) is 5.95. The Labute approximate surface area is 116 Å². The molecule has 4 aliphatic rings. The zero-order valence-corrected chi connectivity index (χ0v) is 12.0. The molecule has 1 aromatic rings. The summed E-state index contributed by atoms with van der Waals surface area (Å²) in [6, 6.07) is 3.09. The third-order valence-electron chi connectivity index (χ3n) is 5.95. The van der Waals surface area contributed by atoms with E-state index in [9.17, 15) is 0 Å². The van der Waals surface area contributed by atoms with E-state index in [1.807, 2.05) is 0 Å². The van der Waals surface area contributed by atoms with Gasteiger partial charge in [-0.25, -0.2) is 0 Å². The van der Waals surface area contributed by atoms with Gasteiger partial charge in [0.15, 0.2) is 0 Å². The van der Waals surface area contributed by atoms with Gasteiger partial charge >= 0.3 is 0 Å². The Morgan fingerprint density at radius 1 is 1.11 bits per heavy atom. The van der Waals surface area contributed by atoms with Gasteiger partial charge in [0.1, 0.15) is 0 Å². The summed E-state index contributed by atoms with van der Waals surface area (Å²) in [5, 5.41) is 3.91. The molecule has 1 heterocycles. The molecule has 0 radical (unpaired) electrons. The highest BCUT2D eigenvalue weighted by molar-refractivity contribution is 5.11. The van der Waals surface area contributed by atoms with Crippen molar-refractivity contribution in [2.75, 3.05) is 0 Å². The minimum absolute atomic E-state index is 0.817. The number of hydrogen-bond donors (Lipinski definition) is 1. The number of nitrogens with one attached hydrogen (secondary N) is 1. The molecular formula is C17H26N2. The molecule has 1 aromatic heterocycles. The molecule has 4 fully saturated rings. The van der Waals surface area contributed by atoms with Gasteiger partial charge in [0.2, 0.25) is 0 Å². The summed E-state index contributed by atoms with van der Waals surface area (Å²) in [4.78, 5) is 0. The molecule has 0 aromatic carbocycles. The molecule has 0 aliphatic heterocycles. The van der Waals surface area contributed by atoms with E-state index >= 15 is 0 Å². The molecule has 0 saturated heterocycles. The van der Waals surface area contributed by atoms with Gasteiger partial charge in [-0.1, -0.05) is 0 Å². The van der Waals surface area contributed by atoms with Crippen molar-refractivity contribution in [3.8, 4) is 0 Å². The molecule has 2 nitrogen and oxygen atoms in total. The lowest BCUT2D eigenvalue weighted by molar-refractivity contribution is -0.0142. The van der Waals surface area contributed by atoms with Crippen LogP contribution in [0.5, 0.6) is 0 Å². The Morgan fingerprint density at radius 3 is 2.37 bits per heavy atom. The van der Waals surface area contributed by atoms with Crippen LogP contribution in [0.1, 0.15) is 44.6 Å². The molecule has 4 aliphatic carbocycles. The second-order valence-corrected chi connectivity index (χ2v) is 7.19. The van der Waals surface area contributed by atoms with E-state index in [2.05, 4.69) is 35.3 Å². The maximum atomic E-state index is 3.91. The maximum absolute atomic E-state index is 3.91. The normalized spacial score (nSPS) is 39.9. The van der Waals surface area contributed by atoms with Gasteiger partial charge in [-0.2, -0.15) is 0 Å². The number of hydrogen-bond acceptors (Lipinski definition) is 1. The van der Waals surface area contributed by atoms with Gasteiger partial charge in [0.25, 0.3) is 0 Å². The largest absolute Gasteiger partial charge is 0.354 e. The van der Waals surface area contributed by atoms with Crippen LogP contribution < -0.4 is 5.32 Å². The van der Waals surface area contributed by atoms with Gasteiger partial charge in [-0.15, -0.1) is 0 Å². The van der Waals surface area contributed by atoms with Crippen LogP contribution >= 0.6 is 0 Å². The highest BCUT2D eigenvalue weighted by Gasteiger charge is 2.47. The molecule has 19 heavy (non-hydrogen) atoms. The summed E-state index contributed by atoms with van der Waals surface area (Å²) < 4.78 is 2.27. The van der Waals surface area contributed by atoms with Crippen molar-refractivity contribution in [1.29, 1.82) is 0 Å². The van der Waals surface area contributed by atoms with E-state index in [-0.39, 0.29) is 0 Å². The Hall–Kier alpha value is -0.760. The van der Waals surface area contributed by atoms with E-state index in [0.717, 1.165) is 42.8 Å². The minimum atomic E-state index is 0.817. The number of aryl methyl sites for hydroxylation is 1. The Balaban J connectivity index is 1.40. The highest BCUT2D eigenvalue weighted by atomic mass is 15.0. The van der Waals surface area contributed by atoms with Crippen molar-refractivity contribution in [2.45, 2.75) is 58.2 Å². The molecule has 104 valence electrons. The fourth-order valence-electron chi connectivity index (χ4n) is 5.29. The molecule has 4 saturated carbocycles. The monoisotopic (exact) mass is 258 g/mol. The van der Waals surface area contributed by atoms with Crippen LogP contribution in [0.15, 0.2) is 18.5 Å². The summed E-state index contributed by atoms with van der Waals surface area (Å²) in [5.41, 5.74) is 1.45. The van der Waals surface area contributed by atoms with Gasteiger partial charge in [-0.05, 0) is 74.3 Å².